The van der Waals surface area contributed by atoms with Crippen LogP contribution in [0.5, 0.6) is 11.5 Å². The standard InChI is InChI=1S/C25H31FN2O3/c1-4-30-23-14-19-13-17(2)31-24(19)15-20(23)16-28-11-9-25(10-12-28,27-18(3)29)21-7-5-6-8-22(21)26/h5-8,14-15,17H,4,9-13,16H2,1-3H3,(H,27,29). The Kier molecular flexibility index (Phi) is 6.19. The van der Waals surface area contributed by atoms with E-state index >= 15 is 0 Å². The van der Waals surface area contributed by atoms with E-state index in [2.05, 4.69) is 29.3 Å². The molecule has 4 rings (SSSR count). The third-order valence-electron chi connectivity index (χ3n) is 6.29. The summed E-state index contributed by atoms with van der Waals surface area (Å²) in [5.41, 5.74) is 2.20. The SMILES string of the molecule is CCOc1cc2c(cc1CN1CCC(NC(C)=O)(c3ccccc3F)CC1)OC(C)C2. The molecule has 2 aliphatic heterocycles. The first kappa shape index (κ1) is 21.6. The molecular formula is C25H31FN2O3. The number of carbonyl (C=O) groups excluding carboxylic acids is 1. The van der Waals surface area contributed by atoms with Crippen molar-refractivity contribution in [3.8, 4) is 11.5 Å². The second-order valence-electron chi connectivity index (χ2n) is 8.65. The second-order valence-corrected chi connectivity index (χ2v) is 8.65. The summed E-state index contributed by atoms with van der Waals surface area (Å²) in [5, 5.41) is 3.06. The van der Waals surface area contributed by atoms with E-state index in [9.17, 15) is 9.18 Å². The summed E-state index contributed by atoms with van der Waals surface area (Å²) in [4.78, 5) is 14.3. The predicted octanol–water partition coefficient (Wildman–Crippen LogP) is 4.18. The Morgan fingerprint density at radius 2 is 2.03 bits per heavy atom. The molecule has 0 aliphatic carbocycles. The Balaban J connectivity index is 1.53. The zero-order valence-corrected chi connectivity index (χ0v) is 18.5. The molecule has 1 saturated heterocycles. The molecule has 0 saturated carbocycles. The highest BCUT2D eigenvalue weighted by atomic mass is 19.1. The highest BCUT2D eigenvalue weighted by Gasteiger charge is 2.39. The van der Waals surface area contributed by atoms with Gasteiger partial charge in [-0.25, -0.2) is 4.39 Å². The first-order chi connectivity index (χ1) is 14.9. The average Bonchev–Trinajstić information content (AvgIpc) is 3.08. The molecule has 1 amide bonds. The van der Waals surface area contributed by atoms with E-state index in [0.717, 1.165) is 43.1 Å². The fourth-order valence-electron chi connectivity index (χ4n) is 4.88. The number of nitrogens with one attached hydrogen (secondary N) is 1. The van der Waals surface area contributed by atoms with Gasteiger partial charge < -0.3 is 14.8 Å². The highest BCUT2D eigenvalue weighted by molar-refractivity contribution is 5.74. The van der Waals surface area contributed by atoms with Crippen molar-refractivity contribution in [1.82, 2.24) is 10.2 Å². The van der Waals surface area contributed by atoms with E-state index < -0.39 is 5.54 Å². The molecule has 0 radical (unpaired) electrons. The van der Waals surface area contributed by atoms with E-state index in [1.165, 1.54) is 18.6 Å². The van der Waals surface area contributed by atoms with E-state index in [1.54, 1.807) is 12.1 Å². The minimum Gasteiger partial charge on any atom is -0.494 e. The first-order valence-electron chi connectivity index (χ1n) is 11.1. The Morgan fingerprint density at radius 1 is 1.29 bits per heavy atom. The molecule has 1 fully saturated rings. The Labute approximate surface area is 183 Å². The molecular weight excluding hydrogens is 395 g/mol. The zero-order chi connectivity index (χ0) is 22.0. The van der Waals surface area contributed by atoms with Crippen LogP contribution < -0.4 is 14.8 Å². The lowest BCUT2D eigenvalue weighted by Crippen LogP contribution is -2.52. The van der Waals surface area contributed by atoms with Crippen LogP contribution >= 0.6 is 0 Å². The number of carbonyl (C=O) groups is 1. The Morgan fingerprint density at radius 3 is 2.71 bits per heavy atom. The van der Waals surface area contributed by atoms with Gasteiger partial charge in [0.15, 0.2) is 0 Å². The minimum atomic E-state index is -0.674. The van der Waals surface area contributed by atoms with Crippen molar-refractivity contribution in [1.29, 1.82) is 0 Å². The second kappa shape index (κ2) is 8.87. The summed E-state index contributed by atoms with van der Waals surface area (Å²) in [7, 11) is 0. The summed E-state index contributed by atoms with van der Waals surface area (Å²) in [6.45, 7) is 8.40. The normalized spacial score (nSPS) is 20.1. The van der Waals surface area contributed by atoms with Crippen LogP contribution in [-0.4, -0.2) is 36.6 Å². The number of benzene rings is 2. The molecule has 5 nitrogen and oxygen atoms in total. The fourth-order valence-corrected chi connectivity index (χ4v) is 4.88. The topological polar surface area (TPSA) is 50.8 Å². The van der Waals surface area contributed by atoms with Crippen LogP contribution in [0.4, 0.5) is 4.39 Å². The number of halogens is 1. The molecule has 6 heteroatoms. The van der Waals surface area contributed by atoms with Crippen LogP contribution in [0.2, 0.25) is 0 Å². The van der Waals surface area contributed by atoms with Crippen molar-refractivity contribution in [2.45, 2.75) is 58.2 Å². The van der Waals surface area contributed by atoms with Crippen molar-refractivity contribution in [2.24, 2.45) is 0 Å². The molecule has 2 aromatic rings. The Bertz CT molecular complexity index is 954. The van der Waals surface area contributed by atoms with Crippen molar-refractivity contribution >= 4 is 5.91 Å². The number of nitrogens with zero attached hydrogens (tertiary/aromatic N) is 1. The largest absolute Gasteiger partial charge is 0.494 e. The molecule has 31 heavy (non-hydrogen) atoms. The van der Waals surface area contributed by atoms with Crippen LogP contribution in [0, 0.1) is 5.82 Å². The smallest absolute Gasteiger partial charge is 0.217 e. The van der Waals surface area contributed by atoms with E-state index in [4.69, 9.17) is 9.47 Å². The van der Waals surface area contributed by atoms with Gasteiger partial charge in [0, 0.05) is 49.7 Å². The molecule has 0 aromatic heterocycles. The molecule has 2 aliphatic rings. The van der Waals surface area contributed by atoms with Gasteiger partial charge in [-0.3, -0.25) is 9.69 Å². The van der Waals surface area contributed by atoms with Gasteiger partial charge in [-0.2, -0.15) is 0 Å². The molecule has 0 spiro atoms. The van der Waals surface area contributed by atoms with Gasteiger partial charge in [0.25, 0.3) is 0 Å². The third kappa shape index (κ3) is 4.54. The summed E-state index contributed by atoms with van der Waals surface area (Å²) in [5.74, 6) is 1.45. The number of ether oxygens (including phenoxy) is 2. The van der Waals surface area contributed by atoms with E-state index in [1.807, 2.05) is 13.0 Å². The van der Waals surface area contributed by atoms with Crippen molar-refractivity contribution < 1.29 is 18.7 Å². The molecule has 2 aromatic carbocycles. The molecule has 1 atom stereocenters. The number of hydrogen-bond acceptors (Lipinski definition) is 4. The molecule has 1 N–H and O–H groups in total. The van der Waals surface area contributed by atoms with Gasteiger partial charge >= 0.3 is 0 Å². The van der Waals surface area contributed by atoms with E-state index in [-0.39, 0.29) is 17.8 Å². The summed E-state index contributed by atoms with van der Waals surface area (Å²) in [6.07, 6.45) is 2.39. The van der Waals surface area contributed by atoms with Crippen LogP contribution in [0.3, 0.4) is 0 Å². The molecule has 2 heterocycles. The molecule has 0 bridgehead atoms. The van der Waals surface area contributed by atoms with Crippen molar-refractivity contribution in [3.05, 3.63) is 58.9 Å². The minimum absolute atomic E-state index is 0.139. The number of likely N-dealkylation sites (tertiary alicyclic amines) is 1. The zero-order valence-electron chi connectivity index (χ0n) is 18.5. The predicted molar refractivity (Wildman–Crippen MR) is 118 cm³/mol. The Hall–Kier alpha value is -2.60. The van der Waals surface area contributed by atoms with Gasteiger partial charge in [-0.05, 0) is 44.9 Å². The summed E-state index contributed by atoms with van der Waals surface area (Å²) in [6, 6.07) is 11.0. The van der Waals surface area contributed by atoms with Crippen LogP contribution in [0.1, 0.15) is 50.3 Å². The summed E-state index contributed by atoms with van der Waals surface area (Å²) < 4.78 is 26.5. The van der Waals surface area contributed by atoms with Crippen LogP contribution in [-0.2, 0) is 23.3 Å². The van der Waals surface area contributed by atoms with Gasteiger partial charge in [0.2, 0.25) is 5.91 Å². The molecule has 166 valence electrons. The van der Waals surface area contributed by atoms with Crippen molar-refractivity contribution in [2.75, 3.05) is 19.7 Å². The number of amides is 1. The quantitative estimate of drug-likeness (QED) is 0.753. The lowest BCUT2D eigenvalue weighted by atomic mass is 9.80. The van der Waals surface area contributed by atoms with Gasteiger partial charge in [0.05, 0.1) is 12.1 Å². The number of hydrogen-bond donors (Lipinski definition) is 1. The van der Waals surface area contributed by atoms with Crippen LogP contribution in [0.25, 0.3) is 0 Å². The lowest BCUT2D eigenvalue weighted by molar-refractivity contribution is -0.121. The monoisotopic (exact) mass is 426 g/mol. The van der Waals surface area contributed by atoms with Crippen molar-refractivity contribution in [3.63, 3.8) is 0 Å². The average molecular weight is 427 g/mol. The van der Waals surface area contributed by atoms with E-state index in [0.29, 0.717) is 25.0 Å². The maximum absolute atomic E-state index is 14.6. The van der Waals surface area contributed by atoms with Gasteiger partial charge in [0.1, 0.15) is 23.4 Å². The number of rotatable bonds is 6. The number of piperidine rings is 1. The fraction of sp³-hybridized carbons (Fsp3) is 0.480. The van der Waals surface area contributed by atoms with Gasteiger partial charge in [-0.15, -0.1) is 0 Å². The summed E-state index contributed by atoms with van der Waals surface area (Å²) >= 11 is 0. The maximum Gasteiger partial charge on any atom is 0.217 e. The third-order valence-corrected chi connectivity index (χ3v) is 6.29. The lowest BCUT2D eigenvalue weighted by Gasteiger charge is -2.43. The maximum atomic E-state index is 14.6. The number of fused-ring (bicyclic) bond motifs is 1. The first-order valence-corrected chi connectivity index (χ1v) is 11.1. The highest BCUT2D eigenvalue weighted by Crippen LogP contribution is 2.38. The van der Waals surface area contributed by atoms with Gasteiger partial charge in [-0.1, -0.05) is 18.2 Å². The van der Waals surface area contributed by atoms with Crippen LogP contribution in [0.15, 0.2) is 36.4 Å². The molecule has 1 unspecified atom stereocenters.